The summed E-state index contributed by atoms with van der Waals surface area (Å²) >= 11 is 0. The van der Waals surface area contributed by atoms with Crippen LogP contribution in [-0.4, -0.2) is 23.7 Å². The van der Waals surface area contributed by atoms with Gasteiger partial charge in [-0.1, -0.05) is 19.4 Å². The Hall–Kier alpha value is -1.46. The van der Waals surface area contributed by atoms with Gasteiger partial charge >= 0.3 is 0 Å². The number of aliphatic hydroxyl groups is 1. The van der Waals surface area contributed by atoms with Crippen LogP contribution in [0.4, 0.5) is 4.39 Å². The van der Waals surface area contributed by atoms with E-state index in [0.717, 1.165) is 18.9 Å². The Kier molecular flexibility index (Phi) is 5.74. The van der Waals surface area contributed by atoms with Crippen molar-refractivity contribution < 1.29 is 14.3 Å². The predicted octanol–water partition coefficient (Wildman–Crippen LogP) is 1.18. The van der Waals surface area contributed by atoms with E-state index in [9.17, 15) is 14.3 Å². The largest absolute Gasteiger partial charge is 0.392 e. The highest BCUT2D eigenvalue weighted by Crippen LogP contribution is 2.10. The molecule has 1 atom stereocenters. The SMILES string of the molecule is CCCC(O)CNCc1ccc(C(N)=O)cc1F. The second-order valence-corrected chi connectivity index (χ2v) is 4.24. The van der Waals surface area contributed by atoms with Gasteiger partial charge in [-0.3, -0.25) is 4.79 Å². The fraction of sp³-hybridized carbons (Fsp3) is 0.462. The van der Waals surface area contributed by atoms with Crippen molar-refractivity contribution in [2.75, 3.05) is 6.54 Å². The first kappa shape index (κ1) is 14.6. The lowest BCUT2D eigenvalue weighted by molar-refractivity contribution is 0.1000. The molecule has 4 nitrogen and oxygen atoms in total. The molecule has 0 spiro atoms. The zero-order chi connectivity index (χ0) is 13.5. The van der Waals surface area contributed by atoms with Crippen molar-refractivity contribution in [2.24, 2.45) is 5.73 Å². The van der Waals surface area contributed by atoms with Crippen LogP contribution in [0.3, 0.4) is 0 Å². The van der Waals surface area contributed by atoms with Gasteiger partial charge in [0.05, 0.1) is 6.10 Å². The van der Waals surface area contributed by atoms with Crippen molar-refractivity contribution in [3.8, 4) is 0 Å². The number of benzene rings is 1. The number of halogens is 1. The number of hydrogen-bond donors (Lipinski definition) is 3. The Morgan fingerprint density at radius 3 is 2.83 bits per heavy atom. The summed E-state index contributed by atoms with van der Waals surface area (Å²) in [5.41, 5.74) is 5.65. The monoisotopic (exact) mass is 254 g/mol. The molecule has 18 heavy (non-hydrogen) atoms. The van der Waals surface area contributed by atoms with Crippen LogP contribution in [0.15, 0.2) is 18.2 Å². The van der Waals surface area contributed by atoms with E-state index in [-0.39, 0.29) is 5.56 Å². The molecule has 100 valence electrons. The average molecular weight is 254 g/mol. The molecule has 1 amide bonds. The summed E-state index contributed by atoms with van der Waals surface area (Å²) in [4.78, 5) is 10.8. The van der Waals surface area contributed by atoms with Crippen molar-refractivity contribution in [3.63, 3.8) is 0 Å². The molecule has 0 saturated carbocycles. The van der Waals surface area contributed by atoms with Crippen LogP contribution in [0, 0.1) is 5.82 Å². The summed E-state index contributed by atoms with van der Waals surface area (Å²) in [5, 5.41) is 12.5. The Morgan fingerprint density at radius 1 is 1.56 bits per heavy atom. The summed E-state index contributed by atoms with van der Waals surface area (Å²) in [7, 11) is 0. The number of primary amides is 1. The van der Waals surface area contributed by atoms with E-state index in [1.807, 2.05) is 6.92 Å². The van der Waals surface area contributed by atoms with Gasteiger partial charge < -0.3 is 16.2 Å². The van der Waals surface area contributed by atoms with E-state index in [0.29, 0.717) is 18.7 Å². The molecule has 0 bridgehead atoms. The van der Waals surface area contributed by atoms with Crippen molar-refractivity contribution in [1.29, 1.82) is 0 Å². The molecule has 0 aliphatic carbocycles. The molecule has 0 fully saturated rings. The zero-order valence-electron chi connectivity index (χ0n) is 10.4. The first-order valence-electron chi connectivity index (χ1n) is 6.01. The smallest absolute Gasteiger partial charge is 0.248 e. The summed E-state index contributed by atoms with van der Waals surface area (Å²) in [6.07, 6.45) is 1.21. The van der Waals surface area contributed by atoms with Gasteiger partial charge in [0.1, 0.15) is 5.82 Å². The van der Waals surface area contributed by atoms with Gasteiger partial charge in [-0.05, 0) is 18.6 Å². The fourth-order valence-corrected chi connectivity index (χ4v) is 1.65. The summed E-state index contributed by atoms with van der Waals surface area (Å²) < 4.78 is 13.6. The molecule has 0 saturated heterocycles. The molecule has 1 aromatic carbocycles. The van der Waals surface area contributed by atoms with Gasteiger partial charge in [0.2, 0.25) is 5.91 Å². The summed E-state index contributed by atoms with van der Waals surface area (Å²) in [5.74, 6) is -1.12. The minimum absolute atomic E-state index is 0.155. The van der Waals surface area contributed by atoms with Gasteiger partial charge in [0.25, 0.3) is 0 Å². The van der Waals surface area contributed by atoms with Crippen molar-refractivity contribution in [2.45, 2.75) is 32.4 Å². The van der Waals surface area contributed by atoms with Crippen molar-refractivity contribution in [1.82, 2.24) is 5.32 Å². The van der Waals surface area contributed by atoms with Gasteiger partial charge in [0, 0.05) is 24.2 Å². The molecule has 1 unspecified atom stereocenters. The second kappa shape index (κ2) is 7.08. The summed E-state index contributed by atoms with van der Waals surface area (Å²) in [6, 6.07) is 4.14. The van der Waals surface area contributed by atoms with E-state index >= 15 is 0 Å². The van der Waals surface area contributed by atoms with Crippen LogP contribution in [0.1, 0.15) is 35.7 Å². The van der Waals surface area contributed by atoms with Gasteiger partial charge in [-0.15, -0.1) is 0 Å². The lowest BCUT2D eigenvalue weighted by Crippen LogP contribution is -2.26. The van der Waals surface area contributed by atoms with E-state index in [2.05, 4.69) is 5.32 Å². The number of amides is 1. The minimum Gasteiger partial charge on any atom is -0.392 e. The van der Waals surface area contributed by atoms with Crippen LogP contribution in [0.5, 0.6) is 0 Å². The predicted molar refractivity (Wildman–Crippen MR) is 67.5 cm³/mol. The van der Waals surface area contributed by atoms with Gasteiger partial charge in [-0.25, -0.2) is 4.39 Å². The average Bonchev–Trinajstić information content (AvgIpc) is 2.31. The molecule has 0 aliphatic heterocycles. The first-order valence-corrected chi connectivity index (χ1v) is 6.01. The summed E-state index contributed by atoms with van der Waals surface area (Å²) in [6.45, 7) is 2.72. The normalized spacial score (nSPS) is 12.4. The van der Waals surface area contributed by atoms with Gasteiger partial charge in [-0.2, -0.15) is 0 Å². The Bertz CT molecular complexity index is 410. The van der Waals surface area contributed by atoms with Crippen LogP contribution in [-0.2, 0) is 6.54 Å². The fourth-order valence-electron chi connectivity index (χ4n) is 1.65. The number of nitrogens with one attached hydrogen (secondary N) is 1. The number of nitrogens with two attached hydrogens (primary N) is 1. The van der Waals surface area contributed by atoms with Gasteiger partial charge in [0.15, 0.2) is 0 Å². The topological polar surface area (TPSA) is 75.3 Å². The molecule has 0 aliphatic rings. The maximum absolute atomic E-state index is 13.6. The van der Waals surface area contributed by atoms with Crippen molar-refractivity contribution in [3.05, 3.63) is 35.1 Å². The van der Waals surface area contributed by atoms with Crippen LogP contribution < -0.4 is 11.1 Å². The highest BCUT2D eigenvalue weighted by molar-refractivity contribution is 5.92. The van der Waals surface area contributed by atoms with Crippen molar-refractivity contribution >= 4 is 5.91 Å². The molecule has 0 radical (unpaired) electrons. The number of hydrogen-bond acceptors (Lipinski definition) is 3. The first-order chi connectivity index (χ1) is 8.54. The zero-order valence-corrected chi connectivity index (χ0v) is 10.4. The Balaban J connectivity index is 2.50. The number of rotatable bonds is 7. The third-order valence-electron chi connectivity index (χ3n) is 2.65. The highest BCUT2D eigenvalue weighted by Gasteiger charge is 2.07. The quantitative estimate of drug-likeness (QED) is 0.684. The second-order valence-electron chi connectivity index (χ2n) is 4.24. The molecule has 0 aromatic heterocycles. The minimum atomic E-state index is -0.647. The molecule has 0 heterocycles. The third-order valence-corrected chi connectivity index (χ3v) is 2.65. The van der Waals surface area contributed by atoms with E-state index < -0.39 is 17.8 Å². The molecular formula is C13H19FN2O2. The van der Waals surface area contributed by atoms with Crippen LogP contribution >= 0.6 is 0 Å². The number of aliphatic hydroxyl groups excluding tert-OH is 1. The molecule has 4 N–H and O–H groups in total. The Morgan fingerprint density at radius 2 is 2.28 bits per heavy atom. The van der Waals surface area contributed by atoms with E-state index in [1.54, 1.807) is 0 Å². The van der Waals surface area contributed by atoms with E-state index in [4.69, 9.17) is 5.73 Å². The van der Waals surface area contributed by atoms with E-state index in [1.165, 1.54) is 12.1 Å². The number of carbonyl (C=O) groups excluding carboxylic acids is 1. The number of carbonyl (C=O) groups is 1. The maximum atomic E-state index is 13.6. The lowest BCUT2D eigenvalue weighted by Gasteiger charge is -2.11. The standard InChI is InChI=1S/C13H19FN2O2/c1-2-3-11(17)8-16-7-10-5-4-9(13(15)18)6-12(10)14/h4-6,11,16-17H,2-3,7-8H2,1H3,(H2,15,18). The molecular weight excluding hydrogens is 235 g/mol. The third kappa shape index (κ3) is 4.43. The Labute approximate surface area is 106 Å². The molecule has 5 heteroatoms. The maximum Gasteiger partial charge on any atom is 0.248 e. The lowest BCUT2D eigenvalue weighted by atomic mass is 10.1. The van der Waals surface area contributed by atoms with Crippen LogP contribution in [0.2, 0.25) is 0 Å². The molecule has 1 rings (SSSR count). The molecule has 1 aromatic rings. The van der Waals surface area contributed by atoms with Crippen LogP contribution in [0.25, 0.3) is 0 Å². The highest BCUT2D eigenvalue weighted by atomic mass is 19.1.